The van der Waals surface area contributed by atoms with Crippen LogP contribution in [0.2, 0.25) is 54.4 Å². The lowest BCUT2D eigenvalue weighted by atomic mass is 9.49. The van der Waals surface area contributed by atoms with Crippen LogP contribution in [0.1, 0.15) is 163 Å². The monoisotopic (exact) mass is 845 g/mol. The first kappa shape index (κ1) is 40.0. The fourth-order valence-corrected chi connectivity index (χ4v) is 14.0. The summed E-state index contributed by atoms with van der Waals surface area (Å²) >= 11 is 0. The molecule has 3 saturated carbocycles. The van der Waals surface area contributed by atoms with Crippen LogP contribution in [0, 0.1) is 34.5 Å². The maximum absolute atomic E-state index is 11.0. The molecule has 0 aromatic carbocycles. The number of hydrogen-bond donors (Lipinski definition) is 1. The van der Waals surface area contributed by atoms with Crippen LogP contribution < -0.4 is 0 Å². The zero-order chi connectivity index (χ0) is 47.7. The van der Waals surface area contributed by atoms with Gasteiger partial charge in [0.15, 0.2) is 25.0 Å². The molecule has 9 atom stereocenters. The largest absolute Gasteiger partial charge is 0.417 e. The zero-order valence-corrected chi connectivity index (χ0v) is 42.6. The second-order valence-corrected chi connectivity index (χ2v) is 38.2. The van der Waals surface area contributed by atoms with Crippen molar-refractivity contribution in [3.05, 3.63) is 23.3 Å². The Labute approximate surface area is 359 Å². The molecule has 1 N–H and O–H groups in total. The number of fused-ring (bicyclic) bond motifs is 5. The number of allylic oxidation sites excluding steroid dienone is 3. The molecule has 0 saturated heterocycles. The molecule has 0 aromatic rings. The van der Waals surface area contributed by atoms with Crippen molar-refractivity contribution in [2.75, 3.05) is 13.2 Å². The lowest BCUT2D eigenvalue weighted by Gasteiger charge is -2.61. The van der Waals surface area contributed by atoms with Gasteiger partial charge in [0, 0.05) is 26.9 Å². The van der Waals surface area contributed by atoms with Crippen molar-refractivity contribution < 1.29 is 31.3 Å². The minimum absolute atomic E-state index is 0.00200. The molecule has 0 unspecified atom stereocenters. The van der Waals surface area contributed by atoms with Crippen molar-refractivity contribution in [2.45, 2.75) is 233 Å². The van der Waals surface area contributed by atoms with E-state index in [-0.39, 0.29) is 56.6 Å². The molecule has 4 rings (SSSR count). The Morgan fingerprint density at radius 1 is 0.786 bits per heavy atom. The van der Waals surface area contributed by atoms with Gasteiger partial charge in [0.1, 0.15) is 6.10 Å². The van der Waals surface area contributed by atoms with E-state index in [2.05, 4.69) is 135 Å². The number of ether oxygens (including phenoxy) is 1. The summed E-state index contributed by atoms with van der Waals surface area (Å²) in [4.78, 5) is 0. The summed E-state index contributed by atoms with van der Waals surface area (Å²) in [5, 5.41) is 11.2. The third kappa shape index (κ3) is 10.00. The lowest BCUT2D eigenvalue weighted by molar-refractivity contribution is -0.153. The van der Waals surface area contributed by atoms with E-state index in [1.165, 1.54) is 5.57 Å². The maximum atomic E-state index is 11.0. The predicted octanol–water partition coefficient (Wildman–Crippen LogP) is 13.9. The molecule has 0 amide bonds. The molecule has 0 radical (unpaired) electrons. The highest BCUT2D eigenvalue weighted by Gasteiger charge is 2.63. The highest BCUT2D eigenvalue weighted by Crippen LogP contribution is 2.67. The Hall–Kier alpha value is -0.0694. The summed E-state index contributed by atoms with van der Waals surface area (Å²) in [6.07, 6.45) is 11.1. The Morgan fingerprint density at radius 3 is 1.95 bits per heavy atom. The first-order valence-electron chi connectivity index (χ1n) is 25.4. The SMILES string of the molecule is [3H]C([3H])([3H])C(O)(CCC[C@@H](C)[C@H]1CC[C@H]2C3=CC=C4C[C@@H](O[Si](C)(C)C(C)(C)C)[C@@H](OCCCO[Si](C)(C)C(C)(C)C)[C@H](O[Si](C)(C)C(C)(C)C)[C@]4(C)[C@H]3CC[C@]12C)C([3H])([3H])[3H]. The van der Waals surface area contributed by atoms with E-state index in [9.17, 15) is 5.11 Å². The average Bonchev–Trinajstić information content (AvgIpc) is 3.44. The molecule has 0 aliphatic heterocycles. The smallest absolute Gasteiger partial charge is 0.192 e. The highest BCUT2D eigenvalue weighted by atomic mass is 28.4. The standard InChI is InChI=1S/C48H92O5Si3/c1-34(23-21-29-46(11,12)49)37-26-27-38-36-25-24-35-33-40(52-55(17,18)44(5,6)7)41(50-31-22-32-51-54(15,16)43(2,3)4)42(53-56(19,20)45(8,9)10)48(35,14)39(36)28-30-47(37,38)13/h24-25,34,37-42,49H,21-23,26-33H2,1-20H3/t34-,37-,38+,39+,40-,41-,42+,47-,48+/m1/s1/i11T3,12T3. The Kier molecular flexibility index (Phi) is 11.9. The molecular weight excluding hydrogens is 741 g/mol. The fourth-order valence-electron chi connectivity index (χ4n) is 10.2. The summed E-state index contributed by atoms with van der Waals surface area (Å²) in [7, 11) is -6.45. The van der Waals surface area contributed by atoms with Gasteiger partial charge in [-0.05, 0) is 142 Å². The normalized spacial score (nSPS) is 34.7. The third-order valence-electron chi connectivity index (χ3n) is 17.0. The molecular formula is C48H92O5Si3. The molecule has 56 heavy (non-hydrogen) atoms. The van der Waals surface area contributed by atoms with Crippen molar-refractivity contribution in [1.29, 1.82) is 0 Å². The van der Waals surface area contributed by atoms with Crippen LogP contribution in [0.15, 0.2) is 23.3 Å². The third-order valence-corrected chi connectivity index (χ3v) is 30.5. The van der Waals surface area contributed by atoms with E-state index in [1.54, 1.807) is 5.57 Å². The number of aliphatic hydroxyl groups is 1. The Morgan fingerprint density at radius 2 is 1.38 bits per heavy atom. The van der Waals surface area contributed by atoms with E-state index in [0.717, 1.165) is 38.5 Å². The molecule has 326 valence electrons. The Bertz CT molecular complexity index is 1610. The van der Waals surface area contributed by atoms with Crippen molar-refractivity contribution in [2.24, 2.45) is 34.5 Å². The van der Waals surface area contributed by atoms with E-state index >= 15 is 0 Å². The van der Waals surface area contributed by atoms with Crippen LogP contribution in [0.5, 0.6) is 0 Å². The zero-order valence-electron chi connectivity index (χ0n) is 45.6. The second-order valence-electron chi connectivity index (χ2n) is 23.9. The van der Waals surface area contributed by atoms with Crippen LogP contribution in [0.4, 0.5) is 0 Å². The van der Waals surface area contributed by atoms with Crippen LogP contribution in [-0.4, -0.2) is 67.2 Å². The number of hydrogen-bond acceptors (Lipinski definition) is 5. The van der Waals surface area contributed by atoms with Crippen LogP contribution >= 0.6 is 0 Å². The minimum Gasteiger partial charge on any atom is -0.417 e. The van der Waals surface area contributed by atoms with Crippen molar-refractivity contribution in [3.8, 4) is 0 Å². The van der Waals surface area contributed by atoms with Gasteiger partial charge < -0.3 is 23.1 Å². The molecule has 0 aromatic heterocycles. The first-order valence-corrected chi connectivity index (χ1v) is 31.2. The maximum Gasteiger partial charge on any atom is 0.192 e. The van der Waals surface area contributed by atoms with Crippen LogP contribution in [-0.2, 0) is 18.0 Å². The molecule has 0 bridgehead atoms. The molecule has 0 spiro atoms. The molecule has 4 aliphatic carbocycles. The van der Waals surface area contributed by atoms with Gasteiger partial charge in [0.2, 0.25) is 0 Å². The van der Waals surface area contributed by atoms with Crippen LogP contribution in [0.3, 0.4) is 0 Å². The summed E-state index contributed by atoms with van der Waals surface area (Å²) in [5.41, 5.74) is 0.0568. The van der Waals surface area contributed by atoms with Crippen molar-refractivity contribution >= 4 is 25.0 Å². The lowest BCUT2D eigenvalue weighted by Crippen LogP contribution is -2.65. The van der Waals surface area contributed by atoms with Gasteiger partial charge in [0.05, 0.1) is 17.8 Å². The minimum atomic E-state index is -2.98. The predicted molar refractivity (Wildman–Crippen MR) is 247 cm³/mol. The summed E-state index contributed by atoms with van der Waals surface area (Å²) in [6.45, 7) is 37.5. The van der Waals surface area contributed by atoms with Gasteiger partial charge in [-0.15, -0.1) is 0 Å². The highest BCUT2D eigenvalue weighted by molar-refractivity contribution is 6.75. The summed E-state index contributed by atoms with van der Waals surface area (Å²) in [6, 6.07) is 0. The second kappa shape index (κ2) is 16.7. The topological polar surface area (TPSA) is 57.2 Å². The van der Waals surface area contributed by atoms with E-state index < -0.39 is 44.3 Å². The van der Waals surface area contributed by atoms with Gasteiger partial charge in [-0.2, -0.15) is 0 Å². The quantitative estimate of drug-likeness (QED) is 0.131. The molecule has 4 aliphatic rings. The summed E-state index contributed by atoms with van der Waals surface area (Å²) in [5.74, 6) is 1.39. The first-order chi connectivity index (χ1) is 27.7. The molecule has 3 fully saturated rings. The molecule has 5 nitrogen and oxygen atoms in total. The summed E-state index contributed by atoms with van der Waals surface area (Å²) < 4.78 is 76.4. The van der Waals surface area contributed by atoms with E-state index in [1.807, 2.05) is 0 Å². The van der Waals surface area contributed by atoms with Gasteiger partial charge in [-0.1, -0.05) is 119 Å². The van der Waals surface area contributed by atoms with Gasteiger partial charge in [-0.25, -0.2) is 0 Å². The average molecular weight is 846 g/mol. The molecule has 8 heteroatoms. The number of rotatable bonds is 15. The van der Waals surface area contributed by atoms with Crippen molar-refractivity contribution in [1.82, 2.24) is 0 Å². The van der Waals surface area contributed by atoms with E-state index in [4.69, 9.17) is 26.2 Å². The van der Waals surface area contributed by atoms with Crippen LogP contribution in [0.25, 0.3) is 0 Å². The molecule has 0 heterocycles. The van der Waals surface area contributed by atoms with Gasteiger partial charge in [-0.3, -0.25) is 0 Å². The van der Waals surface area contributed by atoms with Gasteiger partial charge in [0.25, 0.3) is 0 Å². The van der Waals surface area contributed by atoms with Gasteiger partial charge >= 0.3 is 0 Å². The van der Waals surface area contributed by atoms with E-state index in [0.29, 0.717) is 43.8 Å². The van der Waals surface area contributed by atoms with Crippen molar-refractivity contribution in [3.63, 3.8) is 0 Å². The Balaban J connectivity index is 1.71. The fraction of sp³-hybridized carbons (Fsp3) is 0.917.